The van der Waals surface area contributed by atoms with Gasteiger partial charge in [0.05, 0.1) is 5.69 Å². The molecule has 1 N–H and O–H groups in total. The maximum atomic E-state index is 14.0. The predicted molar refractivity (Wildman–Crippen MR) is 93.4 cm³/mol. The van der Waals surface area contributed by atoms with Crippen LogP contribution in [0.2, 0.25) is 0 Å². The fourth-order valence-corrected chi connectivity index (χ4v) is 4.40. The van der Waals surface area contributed by atoms with Gasteiger partial charge in [0.25, 0.3) is 0 Å². The van der Waals surface area contributed by atoms with E-state index in [0.717, 1.165) is 49.9 Å². The van der Waals surface area contributed by atoms with E-state index in [9.17, 15) is 13.9 Å². The van der Waals surface area contributed by atoms with E-state index in [4.69, 9.17) is 0 Å². The van der Waals surface area contributed by atoms with Crippen LogP contribution in [-0.4, -0.2) is 18.2 Å². The summed E-state index contributed by atoms with van der Waals surface area (Å²) in [6.45, 7) is 1.55. The number of nitrogens with zero attached hydrogens (tertiary/aromatic N) is 1. The summed E-state index contributed by atoms with van der Waals surface area (Å²) in [6, 6.07) is 2.00. The first-order valence-corrected chi connectivity index (χ1v) is 9.56. The van der Waals surface area contributed by atoms with Gasteiger partial charge in [-0.3, -0.25) is 0 Å². The zero-order valence-electron chi connectivity index (χ0n) is 14.4. The van der Waals surface area contributed by atoms with Crippen LogP contribution in [0.1, 0.15) is 64.2 Å². The SMILES string of the molecule is Oc1cc(F)c(N2CCC(CCCC3CCCCC3)CC2)cc1F. The summed E-state index contributed by atoms with van der Waals surface area (Å²) in [5.74, 6) is -0.234. The van der Waals surface area contributed by atoms with Crippen LogP contribution in [0.5, 0.6) is 5.75 Å². The van der Waals surface area contributed by atoms with Crippen molar-refractivity contribution < 1.29 is 13.9 Å². The van der Waals surface area contributed by atoms with Crippen LogP contribution in [0, 0.1) is 23.5 Å². The molecule has 1 aromatic rings. The van der Waals surface area contributed by atoms with Gasteiger partial charge in [0.15, 0.2) is 11.6 Å². The van der Waals surface area contributed by atoms with E-state index in [2.05, 4.69) is 0 Å². The second kappa shape index (κ2) is 8.17. The monoisotopic (exact) mass is 337 g/mol. The Labute approximate surface area is 143 Å². The van der Waals surface area contributed by atoms with E-state index in [1.165, 1.54) is 51.4 Å². The molecule has 0 atom stereocenters. The molecule has 0 unspecified atom stereocenters. The number of halogens is 2. The summed E-state index contributed by atoms with van der Waals surface area (Å²) in [6.07, 6.45) is 13.2. The topological polar surface area (TPSA) is 23.5 Å². The minimum atomic E-state index is -0.749. The highest BCUT2D eigenvalue weighted by atomic mass is 19.1. The molecular formula is C20H29F2NO. The Morgan fingerprint density at radius 1 is 0.875 bits per heavy atom. The third kappa shape index (κ3) is 4.40. The second-order valence-corrected chi connectivity index (χ2v) is 7.62. The van der Waals surface area contributed by atoms with E-state index < -0.39 is 17.4 Å². The Bertz CT molecular complexity index is 535. The number of hydrogen-bond donors (Lipinski definition) is 1. The number of piperidine rings is 1. The van der Waals surface area contributed by atoms with Gasteiger partial charge in [-0.05, 0) is 24.7 Å². The quantitative estimate of drug-likeness (QED) is 0.752. The molecule has 2 aliphatic rings. The molecule has 2 fully saturated rings. The molecule has 1 saturated carbocycles. The maximum absolute atomic E-state index is 14.0. The van der Waals surface area contributed by atoms with E-state index in [1.807, 2.05) is 4.90 Å². The lowest BCUT2D eigenvalue weighted by Gasteiger charge is -2.34. The molecule has 1 saturated heterocycles. The van der Waals surface area contributed by atoms with Crippen LogP contribution in [0.4, 0.5) is 14.5 Å². The number of anilines is 1. The molecule has 2 nitrogen and oxygen atoms in total. The largest absolute Gasteiger partial charge is 0.505 e. The van der Waals surface area contributed by atoms with Gasteiger partial charge in [0.1, 0.15) is 5.82 Å². The zero-order valence-corrected chi connectivity index (χ0v) is 14.4. The first-order valence-electron chi connectivity index (χ1n) is 9.56. The van der Waals surface area contributed by atoms with Gasteiger partial charge in [-0.1, -0.05) is 51.4 Å². The van der Waals surface area contributed by atoms with Gasteiger partial charge in [-0.15, -0.1) is 0 Å². The van der Waals surface area contributed by atoms with Crippen molar-refractivity contribution in [2.24, 2.45) is 11.8 Å². The zero-order chi connectivity index (χ0) is 16.9. The molecule has 0 amide bonds. The van der Waals surface area contributed by atoms with Gasteiger partial charge in [0, 0.05) is 25.2 Å². The maximum Gasteiger partial charge on any atom is 0.167 e. The molecule has 1 aromatic carbocycles. The highest BCUT2D eigenvalue weighted by Gasteiger charge is 2.23. The molecule has 1 aliphatic heterocycles. The van der Waals surface area contributed by atoms with Gasteiger partial charge in [-0.25, -0.2) is 8.78 Å². The second-order valence-electron chi connectivity index (χ2n) is 7.62. The Hall–Kier alpha value is -1.32. The first kappa shape index (κ1) is 17.5. The van der Waals surface area contributed by atoms with Gasteiger partial charge < -0.3 is 10.0 Å². The molecular weight excluding hydrogens is 308 g/mol. The number of benzene rings is 1. The van der Waals surface area contributed by atoms with Crippen molar-refractivity contribution in [1.29, 1.82) is 0 Å². The number of hydrogen-bond acceptors (Lipinski definition) is 2. The smallest absolute Gasteiger partial charge is 0.167 e. The highest BCUT2D eigenvalue weighted by molar-refractivity contribution is 5.51. The van der Waals surface area contributed by atoms with Crippen LogP contribution in [0.3, 0.4) is 0 Å². The Kier molecular flexibility index (Phi) is 5.96. The normalized spacial score (nSPS) is 20.5. The molecule has 3 rings (SSSR count). The summed E-state index contributed by atoms with van der Waals surface area (Å²) >= 11 is 0. The summed E-state index contributed by atoms with van der Waals surface area (Å²) in [4.78, 5) is 1.91. The van der Waals surface area contributed by atoms with E-state index in [0.29, 0.717) is 0 Å². The lowest BCUT2D eigenvalue weighted by molar-refractivity contribution is 0.304. The average molecular weight is 337 g/mol. The molecule has 0 bridgehead atoms. The molecule has 1 aliphatic carbocycles. The number of aromatic hydroxyl groups is 1. The van der Waals surface area contributed by atoms with Crippen LogP contribution in [0.15, 0.2) is 12.1 Å². The van der Waals surface area contributed by atoms with Crippen molar-refractivity contribution in [3.8, 4) is 5.75 Å². The molecule has 134 valence electrons. The van der Waals surface area contributed by atoms with Crippen LogP contribution >= 0.6 is 0 Å². The van der Waals surface area contributed by atoms with Gasteiger partial charge in [-0.2, -0.15) is 0 Å². The third-order valence-corrected chi connectivity index (χ3v) is 5.92. The van der Waals surface area contributed by atoms with Gasteiger partial charge >= 0.3 is 0 Å². The van der Waals surface area contributed by atoms with Crippen molar-refractivity contribution in [2.75, 3.05) is 18.0 Å². The highest BCUT2D eigenvalue weighted by Crippen LogP contribution is 2.33. The lowest BCUT2D eigenvalue weighted by atomic mass is 9.83. The number of rotatable bonds is 5. The standard InChI is InChI=1S/C20H29F2NO/c21-17-14-20(24)18(22)13-19(17)23-11-9-16(10-12-23)8-4-7-15-5-2-1-3-6-15/h13-16,24H,1-12H2. The van der Waals surface area contributed by atoms with E-state index in [-0.39, 0.29) is 5.69 Å². The summed E-state index contributed by atoms with van der Waals surface area (Å²) in [5.41, 5.74) is 0.283. The number of phenolic OH excluding ortho intramolecular Hbond substituents is 1. The van der Waals surface area contributed by atoms with E-state index in [1.54, 1.807) is 0 Å². The predicted octanol–water partition coefficient (Wildman–Crippen LogP) is 5.64. The molecule has 4 heteroatoms. The fraction of sp³-hybridized carbons (Fsp3) is 0.700. The fourth-order valence-electron chi connectivity index (χ4n) is 4.40. The van der Waals surface area contributed by atoms with Crippen molar-refractivity contribution in [1.82, 2.24) is 0 Å². The summed E-state index contributed by atoms with van der Waals surface area (Å²) in [7, 11) is 0. The molecule has 0 aromatic heterocycles. The van der Waals surface area contributed by atoms with Gasteiger partial charge in [0.2, 0.25) is 0 Å². The van der Waals surface area contributed by atoms with Crippen LogP contribution in [-0.2, 0) is 0 Å². The number of phenols is 1. The Balaban J connectivity index is 1.43. The lowest BCUT2D eigenvalue weighted by Crippen LogP contribution is -2.34. The molecule has 1 heterocycles. The average Bonchev–Trinajstić information content (AvgIpc) is 2.60. The first-order chi connectivity index (χ1) is 11.6. The van der Waals surface area contributed by atoms with Crippen molar-refractivity contribution in [2.45, 2.75) is 64.2 Å². The van der Waals surface area contributed by atoms with Crippen LogP contribution < -0.4 is 4.90 Å². The van der Waals surface area contributed by atoms with Crippen LogP contribution in [0.25, 0.3) is 0 Å². The van der Waals surface area contributed by atoms with Crippen molar-refractivity contribution >= 4 is 5.69 Å². The summed E-state index contributed by atoms with van der Waals surface area (Å²) in [5, 5.41) is 9.24. The molecule has 0 radical (unpaired) electrons. The summed E-state index contributed by atoms with van der Waals surface area (Å²) < 4.78 is 27.4. The Morgan fingerprint density at radius 2 is 1.50 bits per heavy atom. The molecule has 0 spiro atoms. The minimum absolute atomic E-state index is 0.283. The van der Waals surface area contributed by atoms with E-state index >= 15 is 0 Å². The third-order valence-electron chi connectivity index (χ3n) is 5.92. The Morgan fingerprint density at radius 3 is 2.17 bits per heavy atom. The van der Waals surface area contributed by atoms with Crippen molar-refractivity contribution in [3.05, 3.63) is 23.8 Å². The minimum Gasteiger partial charge on any atom is -0.505 e. The molecule has 24 heavy (non-hydrogen) atoms. The van der Waals surface area contributed by atoms with Crippen molar-refractivity contribution in [3.63, 3.8) is 0 Å².